The third-order valence-electron chi connectivity index (χ3n) is 6.02. The standard InChI is InChI=1S/C24H21BrCl3N3O5/c25-12-6-7-14-17(8-12)36-21(22(32)29-18(23(33)34)11-4-2-1-3-5-11)19(14)30-24(35)31-20-15(27)9-13(26)10-16(20)28/h6-11,18H,1-5H2,(H,29,32)(H,33,34)(H2,30,31,35)/t18-/m0/s1. The van der Waals surface area contributed by atoms with Gasteiger partial charge in [0.25, 0.3) is 5.91 Å². The average molecular weight is 618 g/mol. The molecule has 3 amide bonds. The van der Waals surface area contributed by atoms with E-state index in [1.807, 2.05) is 0 Å². The summed E-state index contributed by atoms with van der Waals surface area (Å²) in [7, 11) is 0. The number of fused-ring (bicyclic) bond motifs is 1. The first-order chi connectivity index (χ1) is 17.1. The lowest BCUT2D eigenvalue weighted by Gasteiger charge is -2.27. The van der Waals surface area contributed by atoms with Gasteiger partial charge >= 0.3 is 12.0 Å². The Balaban J connectivity index is 1.64. The summed E-state index contributed by atoms with van der Waals surface area (Å²) in [6.07, 6.45) is 4.28. The molecule has 1 aliphatic carbocycles. The third kappa shape index (κ3) is 5.91. The summed E-state index contributed by atoms with van der Waals surface area (Å²) in [6.45, 7) is 0. The lowest BCUT2D eigenvalue weighted by molar-refractivity contribution is -0.141. The van der Waals surface area contributed by atoms with Gasteiger partial charge in [-0.25, -0.2) is 9.59 Å². The largest absolute Gasteiger partial charge is 0.480 e. The van der Waals surface area contributed by atoms with Gasteiger partial charge < -0.3 is 25.5 Å². The van der Waals surface area contributed by atoms with Crippen molar-refractivity contribution in [3.8, 4) is 0 Å². The van der Waals surface area contributed by atoms with Crippen LogP contribution in [0.15, 0.2) is 39.2 Å². The lowest BCUT2D eigenvalue weighted by Crippen LogP contribution is -2.46. The second-order valence-corrected chi connectivity index (χ2v) is 10.6. The Hall–Kier alpha value is -2.46. The van der Waals surface area contributed by atoms with Gasteiger partial charge in [-0.15, -0.1) is 0 Å². The molecule has 0 unspecified atom stereocenters. The molecule has 0 spiro atoms. The van der Waals surface area contributed by atoms with Gasteiger partial charge in [-0.3, -0.25) is 4.79 Å². The van der Waals surface area contributed by atoms with Crippen LogP contribution < -0.4 is 16.0 Å². The first kappa shape index (κ1) is 26.6. The number of halogens is 4. The van der Waals surface area contributed by atoms with Gasteiger partial charge in [0, 0.05) is 14.9 Å². The topological polar surface area (TPSA) is 121 Å². The Labute approximate surface area is 229 Å². The molecule has 0 saturated heterocycles. The maximum absolute atomic E-state index is 13.3. The Bertz CT molecular complexity index is 1320. The molecule has 1 atom stereocenters. The number of carbonyl (C=O) groups excluding carboxylic acids is 2. The molecule has 36 heavy (non-hydrogen) atoms. The Kier molecular flexibility index (Phi) is 8.34. The highest BCUT2D eigenvalue weighted by atomic mass is 79.9. The van der Waals surface area contributed by atoms with E-state index in [0.717, 1.165) is 19.3 Å². The third-order valence-corrected chi connectivity index (χ3v) is 7.32. The van der Waals surface area contributed by atoms with Crippen molar-refractivity contribution in [1.82, 2.24) is 5.32 Å². The van der Waals surface area contributed by atoms with Crippen LogP contribution in [-0.4, -0.2) is 29.1 Å². The van der Waals surface area contributed by atoms with Crippen LogP contribution in [-0.2, 0) is 4.79 Å². The number of nitrogens with one attached hydrogen (secondary N) is 3. The molecule has 1 saturated carbocycles. The molecule has 0 radical (unpaired) electrons. The van der Waals surface area contributed by atoms with Crippen molar-refractivity contribution >= 4 is 91.0 Å². The Morgan fingerprint density at radius 1 is 0.972 bits per heavy atom. The van der Waals surface area contributed by atoms with E-state index in [0.29, 0.717) is 33.3 Å². The van der Waals surface area contributed by atoms with Crippen LogP contribution in [0, 0.1) is 5.92 Å². The van der Waals surface area contributed by atoms with Crippen molar-refractivity contribution in [2.45, 2.75) is 38.1 Å². The van der Waals surface area contributed by atoms with E-state index in [4.69, 9.17) is 39.2 Å². The summed E-state index contributed by atoms with van der Waals surface area (Å²) in [6, 6.07) is 6.04. The van der Waals surface area contributed by atoms with Crippen LogP contribution in [0.5, 0.6) is 0 Å². The number of hydrogen-bond donors (Lipinski definition) is 4. The second-order valence-electron chi connectivity index (χ2n) is 8.46. The van der Waals surface area contributed by atoms with E-state index in [-0.39, 0.29) is 33.1 Å². The van der Waals surface area contributed by atoms with Gasteiger partial charge in [0.05, 0.1) is 15.7 Å². The predicted molar refractivity (Wildman–Crippen MR) is 143 cm³/mol. The minimum atomic E-state index is -1.12. The zero-order chi connectivity index (χ0) is 26.0. The van der Waals surface area contributed by atoms with Crippen LogP contribution in [0.3, 0.4) is 0 Å². The number of aliphatic carboxylic acids is 1. The normalized spacial score (nSPS) is 14.9. The highest BCUT2D eigenvalue weighted by Crippen LogP contribution is 2.36. The van der Waals surface area contributed by atoms with Crippen LogP contribution in [0.1, 0.15) is 42.7 Å². The lowest BCUT2D eigenvalue weighted by atomic mass is 9.84. The maximum atomic E-state index is 13.3. The summed E-state index contributed by atoms with van der Waals surface area (Å²) in [5, 5.41) is 18.5. The number of anilines is 2. The number of carboxylic acid groups (broad SMARTS) is 1. The van der Waals surface area contributed by atoms with Crippen LogP contribution in [0.4, 0.5) is 16.2 Å². The second kappa shape index (κ2) is 11.3. The van der Waals surface area contributed by atoms with Crippen molar-refractivity contribution in [3.05, 3.63) is 55.6 Å². The molecule has 1 aliphatic rings. The zero-order valence-electron chi connectivity index (χ0n) is 18.7. The van der Waals surface area contributed by atoms with E-state index in [9.17, 15) is 19.5 Å². The number of carbonyl (C=O) groups is 3. The summed E-state index contributed by atoms with van der Waals surface area (Å²) in [5.74, 6) is -2.28. The van der Waals surface area contributed by atoms with Crippen molar-refractivity contribution in [2.75, 3.05) is 10.6 Å². The molecule has 4 rings (SSSR count). The summed E-state index contributed by atoms with van der Waals surface area (Å²) in [5.41, 5.74) is 0.517. The molecule has 1 fully saturated rings. The van der Waals surface area contributed by atoms with Gasteiger partial charge in [-0.1, -0.05) is 70.0 Å². The fraction of sp³-hybridized carbons (Fsp3) is 0.292. The number of rotatable bonds is 6. The molecular weight excluding hydrogens is 597 g/mol. The van der Waals surface area contributed by atoms with Crippen LogP contribution in [0.25, 0.3) is 11.0 Å². The molecule has 190 valence electrons. The van der Waals surface area contributed by atoms with Crippen LogP contribution >= 0.6 is 50.7 Å². The first-order valence-corrected chi connectivity index (χ1v) is 13.0. The van der Waals surface area contributed by atoms with Crippen molar-refractivity contribution in [3.63, 3.8) is 0 Å². The smallest absolute Gasteiger partial charge is 0.326 e. The average Bonchev–Trinajstić information content (AvgIpc) is 3.17. The van der Waals surface area contributed by atoms with E-state index >= 15 is 0 Å². The highest BCUT2D eigenvalue weighted by molar-refractivity contribution is 9.10. The molecule has 8 nitrogen and oxygen atoms in total. The molecule has 0 aliphatic heterocycles. The number of urea groups is 1. The first-order valence-electron chi connectivity index (χ1n) is 11.1. The number of hydrogen-bond acceptors (Lipinski definition) is 4. The minimum absolute atomic E-state index is 0.0708. The van der Waals surface area contributed by atoms with Crippen molar-refractivity contribution in [1.29, 1.82) is 0 Å². The molecule has 4 N–H and O–H groups in total. The fourth-order valence-corrected chi connectivity index (χ4v) is 5.58. The van der Waals surface area contributed by atoms with Gasteiger partial charge in [0.1, 0.15) is 17.3 Å². The molecular formula is C24H21BrCl3N3O5. The molecule has 1 aromatic heterocycles. The molecule has 1 heterocycles. The minimum Gasteiger partial charge on any atom is -0.480 e. The number of furan rings is 1. The van der Waals surface area contributed by atoms with E-state index in [2.05, 4.69) is 31.9 Å². The SMILES string of the molecule is O=C(Nc1c(Cl)cc(Cl)cc1Cl)Nc1c(C(=O)N[C@H](C(=O)O)C2CCCCC2)oc2cc(Br)ccc12. The maximum Gasteiger partial charge on any atom is 0.326 e. The molecule has 2 aromatic carbocycles. The summed E-state index contributed by atoms with van der Waals surface area (Å²) < 4.78 is 6.47. The Morgan fingerprint density at radius 2 is 1.61 bits per heavy atom. The van der Waals surface area contributed by atoms with Crippen molar-refractivity contribution < 1.29 is 23.9 Å². The van der Waals surface area contributed by atoms with Crippen LogP contribution in [0.2, 0.25) is 15.1 Å². The molecule has 3 aromatic rings. The molecule has 0 bridgehead atoms. The van der Waals surface area contributed by atoms with Gasteiger partial charge in [-0.2, -0.15) is 0 Å². The predicted octanol–water partition coefficient (Wildman–Crippen LogP) is 7.56. The van der Waals surface area contributed by atoms with Crippen molar-refractivity contribution in [2.24, 2.45) is 5.92 Å². The number of amides is 3. The van der Waals surface area contributed by atoms with Gasteiger partial charge in [-0.05, 0) is 49.1 Å². The van der Waals surface area contributed by atoms with Gasteiger partial charge in [0.2, 0.25) is 5.76 Å². The van der Waals surface area contributed by atoms with E-state index in [1.54, 1.807) is 18.2 Å². The number of carboxylic acids is 1. The fourth-order valence-electron chi connectivity index (χ4n) is 4.33. The number of benzene rings is 2. The van der Waals surface area contributed by atoms with Gasteiger partial charge in [0.15, 0.2) is 0 Å². The highest BCUT2D eigenvalue weighted by Gasteiger charge is 2.33. The van der Waals surface area contributed by atoms with E-state index < -0.39 is 23.9 Å². The summed E-state index contributed by atoms with van der Waals surface area (Å²) >= 11 is 21.6. The molecule has 12 heteroatoms. The quantitative estimate of drug-likeness (QED) is 0.228. The monoisotopic (exact) mass is 615 g/mol. The van der Waals surface area contributed by atoms with E-state index in [1.165, 1.54) is 12.1 Å². The summed E-state index contributed by atoms with van der Waals surface area (Å²) in [4.78, 5) is 38.1. The Morgan fingerprint density at radius 3 is 2.25 bits per heavy atom. The zero-order valence-corrected chi connectivity index (χ0v) is 22.5.